The summed E-state index contributed by atoms with van der Waals surface area (Å²) in [4.78, 5) is 13.4. The lowest BCUT2D eigenvalue weighted by atomic mass is 10.2. The summed E-state index contributed by atoms with van der Waals surface area (Å²) in [6, 6.07) is 7.74. The third-order valence-corrected chi connectivity index (χ3v) is 2.65. The van der Waals surface area contributed by atoms with Crippen LogP contribution in [0.1, 0.15) is 33.6 Å². The largest absolute Gasteiger partial charge is 0.488 e. The molecule has 0 saturated carbocycles. The van der Waals surface area contributed by atoms with E-state index in [1.165, 1.54) is 0 Å². The smallest absolute Gasteiger partial charge is 0.227 e. The predicted octanol–water partition coefficient (Wildman–Crippen LogP) is 2.99. The maximum atomic E-state index is 11.6. The summed E-state index contributed by atoms with van der Waals surface area (Å²) in [5, 5.41) is 0. The van der Waals surface area contributed by atoms with Crippen LogP contribution >= 0.6 is 0 Å². The van der Waals surface area contributed by atoms with Crippen LogP contribution in [0.2, 0.25) is 0 Å². The summed E-state index contributed by atoms with van der Waals surface area (Å²) in [5.41, 5.74) is 0.777. The second-order valence-electron chi connectivity index (χ2n) is 5.36. The summed E-state index contributed by atoms with van der Waals surface area (Å²) in [6.07, 6.45) is 1.62. The van der Waals surface area contributed by atoms with Crippen molar-refractivity contribution in [1.29, 1.82) is 0 Å². The lowest BCUT2D eigenvalue weighted by molar-refractivity contribution is -0.117. The van der Waals surface area contributed by atoms with E-state index < -0.39 is 0 Å². The molecule has 1 heterocycles. The quantitative estimate of drug-likeness (QED) is 0.786. The average Bonchev–Trinajstić information content (AvgIpc) is 2.63. The molecule has 0 aromatic heterocycles. The number of carbonyl (C=O) groups is 1. The van der Waals surface area contributed by atoms with Crippen molar-refractivity contribution in [3.05, 3.63) is 24.3 Å². The minimum absolute atomic E-state index is 0.190. The van der Waals surface area contributed by atoms with E-state index in [4.69, 9.17) is 4.74 Å². The summed E-state index contributed by atoms with van der Waals surface area (Å²) in [5.74, 6) is 1.06. The van der Waals surface area contributed by atoms with Gasteiger partial charge in [-0.25, -0.2) is 0 Å². The predicted molar refractivity (Wildman–Crippen MR) is 68.4 cm³/mol. The Kier molecular flexibility index (Phi) is 3.09. The molecule has 1 amide bonds. The van der Waals surface area contributed by atoms with E-state index in [0.717, 1.165) is 24.4 Å². The van der Waals surface area contributed by atoms with Gasteiger partial charge in [0.2, 0.25) is 5.91 Å². The third kappa shape index (κ3) is 2.99. The molecule has 1 aliphatic rings. The molecular weight excluding hydrogens is 214 g/mol. The Balaban J connectivity index is 2.10. The Morgan fingerprint density at radius 2 is 1.82 bits per heavy atom. The number of nitrogens with zero attached hydrogens (tertiary/aromatic N) is 1. The van der Waals surface area contributed by atoms with Gasteiger partial charge < -0.3 is 9.64 Å². The fourth-order valence-electron chi connectivity index (χ4n) is 1.97. The highest BCUT2D eigenvalue weighted by Gasteiger charge is 2.21. The molecular formula is C14H19NO2. The first-order chi connectivity index (χ1) is 7.96. The first kappa shape index (κ1) is 12.0. The Labute approximate surface area is 102 Å². The van der Waals surface area contributed by atoms with Crippen LogP contribution in [-0.4, -0.2) is 18.1 Å². The SMILES string of the molecule is CC(C)(C)Oc1ccc(N2CCCC2=O)cc1. The monoisotopic (exact) mass is 233 g/mol. The van der Waals surface area contributed by atoms with Crippen molar-refractivity contribution in [2.45, 2.75) is 39.2 Å². The number of amides is 1. The molecule has 1 aromatic carbocycles. The zero-order valence-corrected chi connectivity index (χ0v) is 10.7. The molecule has 0 unspecified atom stereocenters. The first-order valence-electron chi connectivity index (χ1n) is 6.05. The molecule has 92 valence electrons. The van der Waals surface area contributed by atoms with Crippen LogP contribution < -0.4 is 9.64 Å². The van der Waals surface area contributed by atoms with Gasteiger partial charge in [-0.1, -0.05) is 0 Å². The van der Waals surface area contributed by atoms with Crippen LogP contribution in [0.25, 0.3) is 0 Å². The maximum absolute atomic E-state index is 11.6. The number of anilines is 1. The lowest BCUT2D eigenvalue weighted by Crippen LogP contribution is -2.24. The van der Waals surface area contributed by atoms with E-state index in [0.29, 0.717) is 6.42 Å². The molecule has 1 saturated heterocycles. The zero-order valence-electron chi connectivity index (χ0n) is 10.7. The summed E-state index contributed by atoms with van der Waals surface area (Å²) in [7, 11) is 0. The third-order valence-electron chi connectivity index (χ3n) is 2.65. The maximum Gasteiger partial charge on any atom is 0.227 e. The zero-order chi connectivity index (χ0) is 12.5. The number of benzene rings is 1. The Bertz CT molecular complexity index is 403. The Hall–Kier alpha value is -1.51. The van der Waals surface area contributed by atoms with E-state index >= 15 is 0 Å². The molecule has 3 heteroatoms. The van der Waals surface area contributed by atoms with Crippen LogP contribution in [0.5, 0.6) is 5.75 Å². The van der Waals surface area contributed by atoms with Gasteiger partial charge in [-0.2, -0.15) is 0 Å². The van der Waals surface area contributed by atoms with Crippen molar-refractivity contribution in [3.8, 4) is 5.75 Å². The molecule has 1 aliphatic heterocycles. The van der Waals surface area contributed by atoms with Crippen molar-refractivity contribution < 1.29 is 9.53 Å². The number of hydrogen-bond donors (Lipinski definition) is 0. The number of rotatable bonds is 2. The molecule has 0 bridgehead atoms. The summed E-state index contributed by atoms with van der Waals surface area (Å²) >= 11 is 0. The fraction of sp³-hybridized carbons (Fsp3) is 0.500. The van der Waals surface area contributed by atoms with Crippen molar-refractivity contribution >= 4 is 11.6 Å². The number of hydrogen-bond acceptors (Lipinski definition) is 2. The van der Waals surface area contributed by atoms with Crippen LogP contribution in [0.4, 0.5) is 5.69 Å². The first-order valence-corrected chi connectivity index (χ1v) is 6.05. The van der Waals surface area contributed by atoms with Crippen LogP contribution in [0.3, 0.4) is 0 Å². The molecule has 0 aliphatic carbocycles. The molecule has 0 N–H and O–H groups in total. The average molecular weight is 233 g/mol. The molecule has 0 spiro atoms. The minimum Gasteiger partial charge on any atom is -0.488 e. The van der Waals surface area contributed by atoms with Gasteiger partial charge >= 0.3 is 0 Å². The van der Waals surface area contributed by atoms with Crippen molar-refractivity contribution in [1.82, 2.24) is 0 Å². The van der Waals surface area contributed by atoms with E-state index in [1.54, 1.807) is 0 Å². The normalized spacial score (nSPS) is 16.4. The van der Waals surface area contributed by atoms with Gasteiger partial charge in [0.25, 0.3) is 0 Å². The fourth-order valence-corrected chi connectivity index (χ4v) is 1.97. The second-order valence-corrected chi connectivity index (χ2v) is 5.36. The van der Waals surface area contributed by atoms with E-state index in [2.05, 4.69) is 0 Å². The van der Waals surface area contributed by atoms with E-state index in [9.17, 15) is 4.79 Å². The van der Waals surface area contributed by atoms with Crippen LogP contribution in [0, 0.1) is 0 Å². The standard InChI is InChI=1S/C14H19NO2/c1-14(2,3)17-12-8-6-11(7-9-12)15-10-4-5-13(15)16/h6-9H,4-5,10H2,1-3H3. The van der Waals surface area contributed by atoms with Crippen LogP contribution in [-0.2, 0) is 4.79 Å². The molecule has 1 aromatic rings. The Morgan fingerprint density at radius 1 is 1.18 bits per heavy atom. The molecule has 17 heavy (non-hydrogen) atoms. The highest BCUT2D eigenvalue weighted by Crippen LogP contribution is 2.25. The molecule has 0 atom stereocenters. The molecule has 2 rings (SSSR count). The van der Waals surface area contributed by atoms with Gasteiger partial charge in [0.1, 0.15) is 11.4 Å². The van der Waals surface area contributed by atoms with Gasteiger partial charge in [0, 0.05) is 18.7 Å². The van der Waals surface area contributed by atoms with Gasteiger partial charge in [-0.05, 0) is 51.5 Å². The van der Waals surface area contributed by atoms with E-state index in [1.807, 2.05) is 49.9 Å². The molecule has 1 fully saturated rings. The van der Waals surface area contributed by atoms with Gasteiger partial charge in [0.15, 0.2) is 0 Å². The second kappa shape index (κ2) is 4.40. The molecule has 3 nitrogen and oxygen atoms in total. The lowest BCUT2D eigenvalue weighted by Gasteiger charge is -2.22. The van der Waals surface area contributed by atoms with Gasteiger partial charge in [-0.15, -0.1) is 0 Å². The van der Waals surface area contributed by atoms with E-state index in [-0.39, 0.29) is 11.5 Å². The summed E-state index contributed by atoms with van der Waals surface area (Å²) < 4.78 is 5.74. The van der Waals surface area contributed by atoms with Crippen LogP contribution in [0.15, 0.2) is 24.3 Å². The summed E-state index contributed by atoms with van der Waals surface area (Å²) in [6.45, 7) is 6.89. The van der Waals surface area contributed by atoms with Crippen molar-refractivity contribution in [2.24, 2.45) is 0 Å². The molecule has 0 radical (unpaired) electrons. The highest BCUT2D eigenvalue weighted by molar-refractivity contribution is 5.95. The number of ether oxygens (including phenoxy) is 1. The highest BCUT2D eigenvalue weighted by atomic mass is 16.5. The van der Waals surface area contributed by atoms with Gasteiger partial charge in [0.05, 0.1) is 0 Å². The Morgan fingerprint density at radius 3 is 2.29 bits per heavy atom. The van der Waals surface area contributed by atoms with Crippen molar-refractivity contribution in [2.75, 3.05) is 11.4 Å². The van der Waals surface area contributed by atoms with Gasteiger partial charge in [-0.3, -0.25) is 4.79 Å². The number of carbonyl (C=O) groups excluding carboxylic acids is 1. The topological polar surface area (TPSA) is 29.5 Å². The minimum atomic E-state index is -0.190. The van der Waals surface area contributed by atoms with Crippen molar-refractivity contribution in [3.63, 3.8) is 0 Å².